The van der Waals surface area contributed by atoms with E-state index in [4.69, 9.17) is 10.5 Å². The van der Waals surface area contributed by atoms with Crippen molar-refractivity contribution >= 4 is 6.09 Å². The molecule has 1 aliphatic heterocycles. The van der Waals surface area contributed by atoms with Crippen LogP contribution in [0.4, 0.5) is 4.79 Å². The molecule has 1 saturated heterocycles. The summed E-state index contributed by atoms with van der Waals surface area (Å²) >= 11 is 0. The van der Waals surface area contributed by atoms with Crippen molar-refractivity contribution < 1.29 is 14.6 Å². The molecule has 0 aromatic rings. The molecular weight excluding hydrogens is 208 g/mol. The highest BCUT2D eigenvalue weighted by Crippen LogP contribution is 2.25. The van der Waals surface area contributed by atoms with Crippen LogP contribution in [0.1, 0.15) is 34.1 Å². The molecule has 1 amide bonds. The van der Waals surface area contributed by atoms with Gasteiger partial charge >= 0.3 is 6.09 Å². The molecule has 1 aliphatic rings. The third-order valence-corrected chi connectivity index (χ3v) is 2.37. The van der Waals surface area contributed by atoms with Crippen LogP contribution in [0.2, 0.25) is 0 Å². The van der Waals surface area contributed by atoms with Gasteiger partial charge in [0, 0.05) is 13.1 Å². The summed E-state index contributed by atoms with van der Waals surface area (Å²) in [5.74, 6) is 0. The average molecular weight is 230 g/mol. The second-order valence-corrected chi connectivity index (χ2v) is 5.75. The van der Waals surface area contributed by atoms with Crippen LogP contribution in [-0.4, -0.2) is 46.4 Å². The van der Waals surface area contributed by atoms with Gasteiger partial charge < -0.3 is 20.5 Å². The first-order valence-electron chi connectivity index (χ1n) is 5.56. The number of aliphatic hydroxyl groups excluding tert-OH is 1. The number of hydrogen-bond donors (Lipinski definition) is 2. The number of likely N-dealkylation sites (tertiary alicyclic amines) is 1. The van der Waals surface area contributed by atoms with E-state index in [-0.39, 0.29) is 6.09 Å². The minimum Gasteiger partial charge on any atom is -0.444 e. The molecule has 1 fully saturated rings. The van der Waals surface area contributed by atoms with Gasteiger partial charge in [-0.1, -0.05) is 0 Å². The summed E-state index contributed by atoms with van der Waals surface area (Å²) in [5.41, 5.74) is 5.05. The van der Waals surface area contributed by atoms with E-state index in [1.165, 1.54) is 0 Å². The van der Waals surface area contributed by atoms with Crippen LogP contribution in [0, 0.1) is 0 Å². The highest BCUT2D eigenvalue weighted by Gasteiger charge is 2.43. The zero-order valence-electron chi connectivity index (χ0n) is 10.5. The molecule has 3 N–H and O–H groups in total. The Balaban J connectivity index is 2.38. The van der Waals surface area contributed by atoms with Crippen LogP contribution in [0.3, 0.4) is 0 Å². The van der Waals surface area contributed by atoms with E-state index in [2.05, 4.69) is 0 Å². The fraction of sp³-hybridized carbons (Fsp3) is 0.909. The van der Waals surface area contributed by atoms with Crippen molar-refractivity contribution in [3.8, 4) is 0 Å². The van der Waals surface area contributed by atoms with Crippen molar-refractivity contribution in [1.82, 2.24) is 4.90 Å². The van der Waals surface area contributed by atoms with Crippen LogP contribution in [0.15, 0.2) is 0 Å². The topological polar surface area (TPSA) is 75.8 Å². The molecule has 16 heavy (non-hydrogen) atoms. The second kappa shape index (κ2) is 4.22. The lowest BCUT2D eigenvalue weighted by molar-refractivity contribution is -0.0176. The van der Waals surface area contributed by atoms with E-state index in [0.29, 0.717) is 19.5 Å². The monoisotopic (exact) mass is 230 g/mol. The first-order valence-corrected chi connectivity index (χ1v) is 5.56. The third-order valence-electron chi connectivity index (χ3n) is 2.37. The van der Waals surface area contributed by atoms with E-state index in [1.807, 2.05) is 20.8 Å². The molecule has 1 atom stereocenters. The Labute approximate surface area is 96.6 Å². The minimum absolute atomic E-state index is 0.334. The third kappa shape index (κ3) is 3.64. The molecule has 0 bridgehead atoms. The lowest BCUT2D eigenvalue weighted by Gasteiger charge is -2.48. The lowest BCUT2D eigenvalue weighted by Crippen LogP contribution is -2.69. The Hall–Kier alpha value is -0.810. The van der Waals surface area contributed by atoms with Gasteiger partial charge in [-0.25, -0.2) is 4.79 Å². The van der Waals surface area contributed by atoms with E-state index in [9.17, 15) is 9.90 Å². The van der Waals surface area contributed by atoms with Crippen molar-refractivity contribution in [3.63, 3.8) is 0 Å². The molecule has 1 unspecified atom stereocenters. The molecule has 0 saturated carbocycles. The van der Waals surface area contributed by atoms with Crippen LogP contribution in [-0.2, 0) is 4.74 Å². The summed E-state index contributed by atoms with van der Waals surface area (Å²) in [4.78, 5) is 13.2. The van der Waals surface area contributed by atoms with E-state index in [1.54, 1.807) is 11.8 Å². The molecule has 94 valence electrons. The zero-order chi connectivity index (χ0) is 12.6. The average Bonchev–Trinajstić information content (AvgIpc) is 1.94. The van der Waals surface area contributed by atoms with E-state index in [0.717, 1.165) is 0 Å². The van der Waals surface area contributed by atoms with Gasteiger partial charge in [0.25, 0.3) is 0 Å². The SMILES string of the molecule is CC(O)CC1(N)CN(C(=O)OC(C)(C)C)C1. The predicted octanol–water partition coefficient (Wildman–Crippen LogP) is 0.705. The predicted molar refractivity (Wildman–Crippen MR) is 61.0 cm³/mol. The molecule has 5 heteroatoms. The lowest BCUT2D eigenvalue weighted by atomic mass is 9.86. The smallest absolute Gasteiger partial charge is 0.410 e. The summed E-state index contributed by atoms with van der Waals surface area (Å²) in [7, 11) is 0. The quantitative estimate of drug-likeness (QED) is 0.732. The summed E-state index contributed by atoms with van der Waals surface area (Å²) in [5, 5.41) is 9.25. The Morgan fingerprint density at radius 3 is 2.44 bits per heavy atom. The first kappa shape index (κ1) is 13.3. The highest BCUT2D eigenvalue weighted by molar-refractivity contribution is 5.69. The summed E-state index contributed by atoms with van der Waals surface area (Å²) in [6.07, 6.45) is -0.267. The van der Waals surface area contributed by atoms with Crippen molar-refractivity contribution in [2.24, 2.45) is 5.73 Å². The standard InChI is InChI=1S/C11H22N2O3/c1-8(14)5-11(12)6-13(7-11)9(15)16-10(2,3)4/h8,14H,5-7,12H2,1-4H3. The molecule has 0 spiro atoms. The maximum Gasteiger partial charge on any atom is 0.410 e. The van der Waals surface area contributed by atoms with Crippen LogP contribution in [0.5, 0.6) is 0 Å². The maximum absolute atomic E-state index is 11.6. The Kier molecular flexibility index (Phi) is 3.50. The minimum atomic E-state index is -0.478. The van der Waals surface area contributed by atoms with E-state index >= 15 is 0 Å². The highest BCUT2D eigenvalue weighted by atomic mass is 16.6. The van der Waals surface area contributed by atoms with Crippen molar-refractivity contribution in [1.29, 1.82) is 0 Å². The number of carbonyl (C=O) groups is 1. The van der Waals surface area contributed by atoms with Gasteiger partial charge in [0.2, 0.25) is 0 Å². The summed E-state index contributed by atoms with van der Waals surface area (Å²) < 4.78 is 5.21. The van der Waals surface area contributed by atoms with Gasteiger partial charge in [0.1, 0.15) is 5.60 Å². The fourth-order valence-corrected chi connectivity index (χ4v) is 1.89. The van der Waals surface area contributed by atoms with E-state index < -0.39 is 17.2 Å². The van der Waals surface area contributed by atoms with Crippen molar-refractivity contribution in [2.45, 2.75) is 51.4 Å². The maximum atomic E-state index is 11.6. The summed E-state index contributed by atoms with van der Waals surface area (Å²) in [6.45, 7) is 8.09. The van der Waals surface area contributed by atoms with Crippen molar-refractivity contribution in [3.05, 3.63) is 0 Å². The van der Waals surface area contributed by atoms with Gasteiger partial charge in [0.15, 0.2) is 0 Å². The Morgan fingerprint density at radius 1 is 1.56 bits per heavy atom. The zero-order valence-corrected chi connectivity index (χ0v) is 10.5. The normalized spacial score (nSPS) is 21.2. The van der Waals surface area contributed by atoms with Crippen LogP contribution in [0.25, 0.3) is 0 Å². The Bertz CT molecular complexity index is 265. The van der Waals surface area contributed by atoms with Gasteiger partial charge in [-0.15, -0.1) is 0 Å². The first-order chi connectivity index (χ1) is 7.11. The van der Waals surface area contributed by atoms with Crippen LogP contribution >= 0.6 is 0 Å². The van der Waals surface area contributed by atoms with Gasteiger partial charge in [-0.3, -0.25) is 0 Å². The molecule has 1 rings (SSSR count). The molecular formula is C11H22N2O3. The molecule has 1 heterocycles. The largest absolute Gasteiger partial charge is 0.444 e. The number of aliphatic hydroxyl groups is 1. The van der Waals surface area contributed by atoms with Gasteiger partial charge in [0.05, 0.1) is 11.6 Å². The Morgan fingerprint density at radius 2 is 2.06 bits per heavy atom. The molecule has 0 aromatic carbocycles. The van der Waals surface area contributed by atoms with Gasteiger partial charge in [-0.2, -0.15) is 0 Å². The van der Waals surface area contributed by atoms with Crippen molar-refractivity contribution in [2.75, 3.05) is 13.1 Å². The number of amides is 1. The molecule has 0 radical (unpaired) electrons. The number of nitrogens with two attached hydrogens (primary N) is 1. The number of carbonyl (C=O) groups excluding carboxylic acids is 1. The molecule has 5 nitrogen and oxygen atoms in total. The van der Waals surface area contributed by atoms with Crippen LogP contribution < -0.4 is 5.73 Å². The summed E-state index contributed by atoms with van der Waals surface area (Å²) in [6, 6.07) is 0. The molecule has 0 aromatic heterocycles. The van der Waals surface area contributed by atoms with Gasteiger partial charge in [-0.05, 0) is 34.1 Å². The number of rotatable bonds is 2. The second-order valence-electron chi connectivity index (χ2n) is 5.75. The number of hydrogen-bond acceptors (Lipinski definition) is 4. The molecule has 0 aliphatic carbocycles. The fourth-order valence-electron chi connectivity index (χ4n) is 1.89. The number of nitrogens with zero attached hydrogens (tertiary/aromatic N) is 1. The number of ether oxygens (including phenoxy) is 1.